The fourth-order valence-corrected chi connectivity index (χ4v) is 3.07. The fraction of sp³-hybridized carbons (Fsp3) is 0.316. The predicted molar refractivity (Wildman–Crippen MR) is 86.6 cm³/mol. The normalized spacial score (nSPS) is 13.6. The van der Waals surface area contributed by atoms with Crippen molar-refractivity contribution in [2.24, 2.45) is 0 Å². The average Bonchev–Trinajstić information content (AvgIpc) is 2.50. The van der Waals surface area contributed by atoms with Gasteiger partial charge in [0.2, 0.25) is 5.91 Å². The highest BCUT2D eigenvalue weighted by Crippen LogP contribution is 2.28. The van der Waals surface area contributed by atoms with Crippen LogP contribution >= 0.6 is 0 Å². The lowest BCUT2D eigenvalue weighted by molar-refractivity contribution is -0.115. The highest BCUT2D eigenvalue weighted by Gasteiger charge is 2.14. The van der Waals surface area contributed by atoms with Crippen molar-refractivity contribution in [2.75, 3.05) is 5.32 Å². The van der Waals surface area contributed by atoms with Crippen LogP contribution in [0.15, 0.2) is 42.5 Å². The number of carbonyl (C=O) groups excluding carboxylic acids is 1. The summed E-state index contributed by atoms with van der Waals surface area (Å²) in [6.07, 6.45) is 5.13. The monoisotopic (exact) mass is 279 g/mol. The van der Waals surface area contributed by atoms with Crippen LogP contribution in [0.2, 0.25) is 0 Å². The lowest BCUT2D eigenvalue weighted by Crippen LogP contribution is -2.17. The van der Waals surface area contributed by atoms with Crippen molar-refractivity contribution >= 4 is 11.6 Å². The molecule has 2 aromatic rings. The summed E-state index contributed by atoms with van der Waals surface area (Å²) in [5, 5.41) is 3.11. The molecule has 0 fully saturated rings. The van der Waals surface area contributed by atoms with Gasteiger partial charge in [-0.25, -0.2) is 0 Å². The minimum atomic E-state index is 0.0725. The molecular weight excluding hydrogens is 258 g/mol. The third-order valence-corrected chi connectivity index (χ3v) is 4.28. The maximum absolute atomic E-state index is 12.3. The average molecular weight is 279 g/mol. The van der Waals surface area contributed by atoms with E-state index >= 15 is 0 Å². The van der Waals surface area contributed by atoms with E-state index in [2.05, 4.69) is 11.4 Å². The third-order valence-electron chi connectivity index (χ3n) is 4.28. The van der Waals surface area contributed by atoms with Gasteiger partial charge in [0.15, 0.2) is 0 Å². The number of amides is 1. The maximum atomic E-state index is 12.3. The summed E-state index contributed by atoms with van der Waals surface area (Å²) in [6, 6.07) is 14.3. The minimum absolute atomic E-state index is 0.0725. The van der Waals surface area contributed by atoms with Crippen molar-refractivity contribution in [3.63, 3.8) is 0 Å². The largest absolute Gasteiger partial charge is 0.326 e. The molecule has 108 valence electrons. The first-order valence-corrected chi connectivity index (χ1v) is 7.69. The molecule has 3 rings (SSSR count). The van der Waals surface area contributed by atoms with Gasteiger partial charge in [-0.1, -0.05) is 36.4 Å². The number of fused-ring (bicyclic) bond motifs is 1. The Kier molecular flexibility index (Phi) is 4.05. The summed E-state index contributed by atoms with van der Waals surface area (Å²) in [5.41, 5.74) is 6.00. The van der Waals surface area contributed by atoms with E-state index in [-0.39, 0.29) is 5.91 Å². The van der Waals surface area contributed by atoms with Crippen molar-refractivity contribution in [1.82, 2.24) is 0 Å². The number of hydrogen-bond acceptors (Lipinski definition) is 1. The number of nitrogens with one attached hydrogen (secondary N) is 1. The molecule has 2 heteroatoms. The van der Waals surface area contributed by atoms with Gasteiger partial charge in [0.1, 0.15) is 0 Å². The molecule has 2 aromatic carbocycles. The minimum Gasteiger partial charge on any atom is -0.326 e. The zero-order chi connectivity index (χ0) is 14.7. The van der Waals surface area contributed by atoms with E-state index in [1.807, 2.05) is 43.3 Å². The van der Waals surface area contributed by atoms with Crippen LogP contribution in [0.3, 0.4) is 0 Å². The van der Waals surface area contributed by atoms with E-state index in [0.29, 0.717) is 6.42 Å². The molecule has 1 N–H and O–H groups in total. The molecule has 0 aliphatic heterocycles. The fourth-order valence-electron chi connectivity index (χ4n) is 3.07. The van der Waals surface area contributed by atoms with Gasteiger partial charge >= 0.3 is 0 Å². The van der Waals surface area contributed by atoms with Gasteiger partial charge in [-0.05, 0) is 60.9 Å². The van der Waals surface area contributed by atoms with Crippen LogP contribution in [0.1, 0.15) is 35.1 Å². The molecule has 2 nitrogen and oxygen atoms in total. The van der Waals surface area contributed by atoms with Crippen LogP contribution < -0.4 is 5.32 Å². The summed E-state index contributed by atoms with van der Waals surface area (Å²) >= 11 is 0. The van der Waals surface area contributed by atoms with Gasteiger partial charge in [0.05, 0.1) is 6.42 Å². The summed E-state index contributed by atoms with van der Waals surface area (Å²) in [7, 11) is 0. The smallest absolute Gasteiger partial charge is 0.228 e. The molecule has 0 bridgehead atoms. The number of carbonyl (C=O) groups is 1. The first-order valence-electron chi connectivity index (χ1n) is 7.69. The second-order valence-corrected chi connectivity index (χ2v) is 5.80. The number of aryl methyl sites for hydroxylation is 2. The van der Waals surface area contributed by atoms with Gasteiger partial charge in [-0.3, -0.25) is 4.79 Å². The highest BCUT2D eigenvalue weighted by molar-refractivity contribution is 5.93. The standard InChI is InChI=1S/C19H21NO/c1-14-7-2-3-9-16(14)13-19(21)20-18-12-6-10-15-8-4-5-11-17(15)18/h2-3,6-7,9-10,12H,4-5,8,11,13H2,1H3,(H,20,21). The van der Waals surface area contributed by atoms with Crippen LogP contribution in [0.4, 0.5) is 5.69 Å². The highest BCUT2D eigenvalue weighted by atomic mass is 16.1. The molecule has 1 aliphatic carbocycles. The number of hydrogen-bond donors (Lipinski definition) is 1. The van der Waals surface area contributed by atoms with Crippen molar-refractivity contribution in [3.05, 3.63) is 64.7 Å². The molecule has 1 aliphatic rings. The van der Waals surface area contributed by atoms with Crippen LogP contribution in [0.5, 0.6) is 0 Å². The molecule has 0 atom stereocenters. The van der Waals surface area contributed by atoms with E-state index in [9.17, 15) is 4.79 Å². The Bertz CT molecular complexity index is 660. The predicted octanol–water partition coefficient (Wildman–Crippen LogP) is 4.06. The van der Waals surface area contributed by atoms with Crippen molar-refractivity contribution in [3.8, 4) is 0 Å². The van der Waals surface area contributed by atoms with Crippen molar-refractivity contribution in [1.29, 1.82) is 0 Å². The SMILES string of the molecule is Cc1ccccc1CC(=O)Nc1cccc2c1CCCC2. The molecule has 0 saturated carbocycles. The van der Waals surface area contributed by atoms with Gasteiger partial charge in [-0.2, -0.15) is 0 Å². The maximum Gasteiger partial charge on any atom is 0.228 e. The Hall–Kier alpha value is -2.09. The lowest BCUT2D eigenvalue weighted by Gasteiger charge is -2.19. The molecule has 0 saturated heterocycles. The Labute approximate surface area is 126 Å². The van der Waals surface area contributed by atoms with Crippen LogP contribution in [0, 0.1) is 6.92 Å². The number of rotatable bonds is 3. The molecule has 0 radical (unpaired) electrons. The zero-order valence-electron chi connectivity index (χ0n) is 12.5. The Morgan fingerprint density at radius 3 is 2.71 bits per heavy atom. The van der Waals surface area contributed by atoms with E-state index in [4.69, 9.17) is 0 Å². The zero-order valence-corrected chi connectivity index (χ0v) is 12.5. The van der Waals surface area contributed by atoms with Crippen LogP contribution in [-0.4, -0.2) is 5.91 Å². The van der Waals surface area contributed by atoms with E-state index < -0.39 is 0 Å². The van der Waals surface area contributed by atoms with E-state index in [0.717, 1.165) is 24.1 Å². The number of anilines is 1. The van der Waals surface area contributed by atoms with Gasteiger partial charge < -0.3 is 5.32 Å². The molecule has 0 heterocycles. The first-order chi connectivity index (χ1) is 10.2. The van der Waals surface area contributed by atoms with Crippen LogP contribution in [-0.2, 0) is 24.1 Å². The Balaban J connectivity index is 1.75. The van der Waals surface area contributed by atoms with Crippen molar-refractivity contribution < 1.29 is 4.79 Å². The molecule has 1 amide bonds. The summed E-state index contributed by atoms with van der Waals surface area (Å²) < 4.78 is 0. The first kappa shape index (κ1) is 13.9. The third kappa shape index (κ3) is 3.15. The van der Waals surface area contributed by atoms with Gasteiger partial charge in [0.25, 0.3) is 0 Å². The van der Waals surface area contributed by atoms with Crippen molar-refractivity contribution in [2.45, 2.75) is 39.0 Å². The molecule has 0 spiro atoms. The van der Waals surface area contributed by atoms with E-state index in [1.54, 1.807) is 0 Å². The molecule has 21 heavy (non-hydrogen) atoms. The summed E-state index contributed by atoms with van der Waals surface area (Å²) in [4.78, 5) is 12.3. The quantitative estimate of drug-likeness (QED) is 0.902. The van der Waals surface area contributed by atoms with E-state index in [1.165, 1.54) is 29.5 Å². The Morgan fingerprint density at radius 2 is 1.86 bits per heavy atom. The molecule has 0 aromatic heterocycles. The van der Waals surface area contributed by atoms with Gasteiger partial charge in [-0.15, -0.1) is 0 Å². The number of benzene rings is 2. The summed E-state index contributed by atoms with van der Waals surface area (Å²) in [6.45, 7) is 2.05. The summed E-state index contributed by atoms with van der Waals surface area (Å²) in [5.74, 6) is 0.0725. The molecular formula is C19H21NO. The Morgan fingerprint density at radius 1 is 1.05 bits per heavy atom. The topological polar surface area (TPSA) is 29.1 Å². The van der Waals surface area contributed by atoms with Gasteiger partial charge in [0, 0.05) is 5.69 Å². The lowest BCUT2D eigenvalue weighted by atomic mass is 9.90. The molecule has 0 unspecified atom stereocenters. The second-order valence-electron chi connectivity index (χ2n) is 5.80. The second kappa shape index (κ2) is 6.13. The van der Waals surface area contributed by atoms with Crippen LogP contribution in [0.25, 0.3) is 0 Å².